The molecule has 0 radical (unpaired) electrons. The fourth-order valence-corrected chi connectivity index (χ4v) is 4.14. The Hall–Kier alpha value is -3.28. The molecule has 0 aliphatic carbocycles. The second kappa shape index (κ2) is 6.71. The summed E-state index contributed by atoms with van der Waals surface area (Å²) in [6.45, 7) is 1.20. The lowest BCUT2D eigenvalue weighted by atomic mass is 10.1. The molecule has 1 atom stereocenters. The van der Waals surface area contributed by atoms with E-state index in [-0.39, 0.29) is 17.9 Å². The number of hydrogen-bond donors (Lipinski definition) is 0. The normalized spacial score (nSPS) is 19.8. The van der Waals surface area contributed by atoms with Gasteiger partial charge in [-0.15, -0.1) is 0 Å². The topological polar surface area (TPSA) is 66.4 Å². The monoisotopic (exact) mass is 372 g/mol. The number of hydrogen-bond acceptors (Lipinski definition) is 4. The van der Waals surface area contributed by atoms with Crippen molar-refractivity contribution in [1.29, 1.82) is 0 Å². The van der Waals surface area contributed by atoms with Crippen molar-refractivity contribution in [3.8, 4) is 11.3 Å². The predicted molar refractivity (Wildman–Crippen MR) is 107 cm³/mol. The fraction of sp³-hybridized carbons (Fsp3) is 0.273. The molecule has 2 fully saturated rings. The van der Waals surface area contributed by atoms with Crippen molar-refractivity contribution < 1.29 is 9.59 Å². The third-order valence-corrected chi connectivity index (χ3v) is 5.59. The van der Waals surface area contributed by atoms with Crippen molar-refractivity contribution in [2.75, 3.05) is 18.0 Å². The average molecular weight is 372 g/mol. The first-order valence-corrected chi connectivity index (χ1v) is 9.64. The predicted octanol–water partition coefficient (Wildman–Crippen LogP) is 3.02. The molecule has 0 spiro atoms. The van der Waals surface area contributed by atoms with Gasteiger partial charge in [0.25, 0.3) is 5.91 Å². The van der Waals surface area contributed by atoms with Crippen LogP contribution in [0.15, 0.2) is 54.7 Å². The summed E-state index contributed by atoms with van der Waals surface area (Å²) in [7, 11) is 0. The Morgan fingerprint density at radius 3 is 2.64 bits per heavy atom. The molecule has 1 aromatic heterocycles. The summed E-state index contributed by atoms with van der Waals surface area (Å²) >= 11 is 0. The smallest absolute Gasteiger partial charge is 0.252 e. The fourth-order valence-electron chi connectivity index (χ4n) is 4.14. The van der Waals surface area contributed by atoms with Gasteiger partial charge in [-0.2, -0.15) is 0 Å². The van der Waals surface area contributed by atoms with E-state index in [4.69, 9.17) is 0 Å². The molecule has 3 heterocycles. The number of anilines is 1. The van der Waals surface area contributed by atoms with Crippen LogP contribution in [0, 0.1) is 0 Å². The van der Waals surface area contributed by atoms with Crippen molar-refractivity contribution in [3.05, 3.63) is 54.7 Å². The number of aromatic nitrogens is 2. The molecule has 28 heavy (non-hydrogen) atoms. The Bertz CT molecular complexity index is 1080. The van der Waals surface area contributed by atoms with Gasteiger partial charge < -0.3 is 4.90 Å². The highest BCUT2D eigenvalue weighted by Crippen LogP contribution is 2.28. The van der Waals surface area contributed by atoms with Gasteiger partial charge in [-0.05, 0) is 35.7 Å². The van der Waals surface area contributed by atoms with E-state index in [1.54, 1.807) is 16.0 Å². The molecular weight excluding hydrogens is 352 g/mol. The molecule has 2 saturated heterocycles. The Kier molecular flexibility index (Phi) is 4.04. The minimum atomic E-state index is -0.372. The van der Waals surface area contributed by atoms with Crippen LogP contribution in [0.5, 0.6) is 0 Å². The zero-order valence-corrected chi connectivity index (χ0v) is 15.4. The van der Waals surface area contributed by atoms with Gasteiger partial charge in [0.15, 0.2) is 0 Å². The summed E-state index contributed by atoms with van der Waals surface area (Å²) < 4.78 is 0. The van der Waals surface area contributed by atoms with Gasteiger partial charge >= 0.3 is 0 Å². The SMILES string of the molecule is O=C1[C@@H](N2CCCC2=O)CCN1c1nccc(-c2ccc3ccccc3c2)n1. The Balaban J connectivity index is 1.44. The van der Waals surface area contributed by atoms with E-state index in [9.17, 15) is 9.59 Å². The maximum absolute atomic E-state index is 12.9. The second-order valence-electron chi connectivity index (χ2n) is 7.29. The summed E-state index contributed by atoms with van der Waals surface area (Å²) in [4.78, 5) is 37.2. The van der Waals surface area contributed by atoms with Gasteiger partial charge in [0.05, 0.1) is 5.69 Å². The number of nitrogens with zero attached hydrogens (tertiary/aromatic N) is 4. The first-order valence-electron chi connectivity index (χ1n) is 9.64. The number of carbonyl (C=O) groups excluding carboxylic acids is 2. The summed E-state index contributed by atoms with van der Waals surface area (Å²) in [5, 5.41) is 2.32. The quantitative estimate of drug-likeness (QED) is 0.709. The van der Waals surface area contributed by atoms with E-state index >= 15 is 0 Å². The zero-order chi connectivity index (χ0) is 19.1. The van der Waals surface area contributed by atoms with E-state index in [0.717, 1.165) is 23.1 Å². The molecule has 0 N–H and O–H groups in total. The third kappa shape index (κ3) is 2.81. The maximum atomic E-state index is 12.9. The Morgan fingerprint density at radius 1 is 0.964 bits per heavy atom. The lowest BCUT2D eigenvalue weighted by Crippen LogP contribution is -2.42. The van der Waals surface area contributed by atoms with Gasteiger partial charge in [-0.3, -0.25) is 14.5 Å². The lowest BCUT2D eigenvalue weighted by Gasteiger charge is -2.22. The summed E-state index contributed by atoms with van der Waals surface area (Å²) in [5.74, 6) is 0.404. The molecule has 0 saturated carbocycles. The van der Waals surface area contributed by atoms with Crippen LogP contribution in [0.25, 0.3) is 22.0 Å². The minimum Gasteiger partial charge on any atom is -0.331 e. The highest BCUT2D eigenvalue weighted by atomic mass is 16.2. The van der Waals surface area contributed by atoms with Crippen LogP contribution in [0.3, 0.4) is 0 Å². The average Bonchev–Trinajstić information content (AvgIpc) is 3.32. The molecule has 2 amide bonds. The van der Waals surface area contributed by atoms with Crippen LogP contribution in [0.1, 0.15) is 19.3 Å². The van der Waals surface area contributed by atoms with Crippen LogP contribution in [0.4, 0.5) is 5.95 Å². The van der Waals surface area contributed by atoms with E-state index in [0.29, 0.717) is 31.9 Å². The van der Waals surface area contributed by atoms with Gasteiger partial charge in [-0.25, -0.2) is 9.97 Å². The number of likely N-dealkylation sites (tertiary alicyclic amines) is 1. The first-order chi connectivity index (χ1) is 13.7. The van der Waals surface area contributed by atoms with Crippen LogP contribution in [-0.2, 0) is 9.59 Å². The van der Waals surface area contributed by atoms with Gasteiger partial charge in [0.2, 0.25) is 11.9 Å². The molecule has 0 unspecified atom stereocenters. The number of amides is 2. The Labute approximate surface area is 162 Å². The molecule has 2 aliphatic rings. The van der Waals surface area contributed by atoms with Crippen molar-refractivity contribution in [2.45, 2.75) is 25.3 Å². The highest BCUT2D eigenvalue weighted by molar-refractivity contribution is 6.00. The molecule has 6 heteroatoms. The van der Waals surface area contributed by atoms with Crippen molar-refractivity contribution >= 4 is 28.5 Å². The van der Waals surface area contributed by atoms with Crippen LogP contribution < -0.4 is 4.90 Å². The largest absolute Gasteiger partial charge is 0.331 e. The molecule has 2 aromatic carbocycles. The van der Waals surface area contributed by atoms with Crippen LogP contribution in [0.2, 0.25) is 0 Å². The lowest BCUT2D eigenvalue weighted by molar-refractivity contribution is -0.134. The summed E-state index contributed by atoms with van der Waals surface area (Å²) in [5.41, 5.74) is 1.77. The Morgan fingerprint density at radius 2 is 1.82 bits per heavy atom. The van der Waals surface area contributed by atoms with E-state index in [1.807, 2.05) is 24.3 Å². The molecule has 0 bridgehead atoms. The van der Waals surface area contributed by atoms with E-state index in [1.165, 1.54) is 5.39 Å². The van der Waals surface area contributed by atoms with Crippen LogP contribution in [-0.4, -0.2) is 45.8 Å². The number of rotatable bonds is 3. The minimum absolute atomic E-state index is 0.0750. The van der Waals surface area contributed by atoms with E-state index < -0.39 is 0 Å². The number of fused-ring (bicyclic) bond motifs is 1. The number of carbonyl (C=O) groups is 2. The van der Waals surface area contributed by atoms with Crippen molar-refractivity contribution in [1.82, 2.24) is 14.9 Å². The third-order valence-electron chi connectivity index (χ3n) is 5.59. The van der Waals surface area contributed by atoms with Crippen LogP contribution >= 0.6 is 0 Å². The van der Waals surface area contributed by atoms with Crippen molar-refractivity contribution in [3.63, 3.8) is 0 Å². The molecule has 6 nitrogen and oxygen atoms in total. The van der Waals surface area contributed by atoms with Crippen molar-refractivity contribution in [2.24, 2.45) is 0 Å². The zero-order valence-electron chi connectivity index (χ0n) is 15.4. The molecular formula is C22H20N4O2. The van der Waals surface area contributed by atoms with E-state index in [2.05, 4.69) is 34.2 Å². The maximum Gasteiger partial charge on any atom is 0.252 e. The molecule has 2 aliphatic heterocycles. The first kappa shape index (κ1) is 16.9. The van der Waals surface area contributed by atoms with Gasteiger partial charge in [0, 0.05) is 31.3 Å². The highest BCUT2D eigenvalue weighted by Gasteiger charge is 2.41. The van der Waals surface area contributed by atoms with Gasteiger partial charge in [-0.1, -0.05) is 36.4 Å². The van der Waals surface area contributed by atoms with Gasteiger partial charge in [0.1, 0.15) is 6.04 Å². The summed E-state index contributed by atoms with van der Waals surface area (Å²) in [6, 6.07) is 15.9. The summed E-state index contributed by atoms with van der Waals surface area (Å²) in [6.07, 6.45) is 3.69. The number of benzene rings is 2. The standard InChI is InChI=1S/C22H20N4O2/c27-20-6-3-12-25(20)19-10-13-26(21(19)28)22-23-11-9-18(24-22)17-8-7-15-4-1-2-5-16(15)14-17/h1-2,4-5,7-9,11,14,19H,3,6,10,12-13H2/t19-/m0/s1. The molecule has 140 valence electrons. The second-order valence-corrected chi connectivity index (χ2v) is 7.29. The molecule has 3 aromatic rings. The molecule has 5 rings (SSSR count).